The van der Waals surface area contributed by atoms with E-state index in [1.807, 2.05) is 0 Å². The first-order chi connectivity index (χ1) is 4.72. The average molecular weight is 358 g/mol. The summed E-state index contributed by atoms with van der Waals surface area (Å²) in [5.74, 6) is -0.299. The van der Waals surface area contributed by atoms with Crippen LogP contribution in [0.5, 0.6) is 5.75 Å². The second-order valence-electron chi connectivity index (χ2n) is 1.75. The summed E-state index contributed by atoms with van der Waals surface area (Å²) >= 11 is 0. The molecule has 62 valence electrons. The third-order valence-electron chi connectivity index (χ3n) is 1.08. The molecule has 0 heterocycles. The second kappa shape index (κ2) is 5.90. The first kappa shape index (κ1) is 13.9. The number of aromatic hydroxyl groups is 1. The van der Waals surface area contributed by atoms with E-state index in [4.69, 9.17) is 5.11 Å². The van der Waals surface area contributed by atoms with Crippen LogP contribution in [0.2, 0.25) is 0 Å². The smallest absolute Gasteiger partial charge is 0.310 e. The van der Waals surface area contributed by atoms with Crippen LogP contribution in [-0.2, 0) is 27.7 Å². The van der Waals surface area contributed by atoms with Crippen molar-refractivity contribution in [2.45, 2.75) is 0 Å². The first-order valence-electron chi connectivity index (χ1n) is 2.64. The van der Waals surface area contributed by atoms with E-state index in [0.717, 1.165) is 0 Å². The van der Waals surface area contributed by atoms with Gasteiger partial charge in [0.25, 0.3) is 0 Å². The second-order valence-corrected chi connectivity index (χ2v) is 1.75. The van der Waals surface area contributed by atoms with E-state index in [1.165, 1.54) is 24.3 Å². The van der Waals surface area contributed by atoms with E-state index in [1.54, 1.807) is 0 Å². The van der Waals surface area contributed by atoms with Gasteiger partial charge in [-0.2, -0.15) is 0 Å². The fourth-order valence-electron chi connectivity index (χ4n) is 0.619. The maximum absolute atomic E-state index is 10.1. The number of phenols is 1. The molecule has 0 fully saturated rings. The predicted molar refractivity (Wildman–Crippen MR) is 38.4 cm³/mol. The molecule has 1 rings (SSSR count). The van der Waals surface area contributed by atoms with Crippen LogP contribution < -0.4 is 0 Å². The molecule has 1 aromatic carbocycles. The number of nitro benzene ring substituents is 1. The molecule has 0 bridgehead atoms. The van der Waals surface area contributed by atoms with Gasteiger partial charge >= 0.3 is 5.69 Å². The monoisotopic (exact) mass is 359 g/mol. The summed E-state index contributed by atoms with van der Waals surface area (Å²) in [6.45, 7) is 0. The molecule has 0 saturated heterocycles. The third-order valence-corrected chi connectivity index (χ3v) is 1.08. The van der Waals surface area contributed by atoms with Crippen LogP contribution in [0.1, 0.15) is 0 Å². The molecule has 0 aliphatic heterocycles. The average Bonchev–Trinajstić information content (AvgIpc) is 1.88. The molecule has 0 aliphatic carbocycles. The van der Waals surface area contributed by atoms with Crippen molar-refractivity contribution in [1.29, 1.82) is 0 Å². The van der Waals surface area contributed by atoms with Crippen LogP contribution in [0.3, 0.4) is 0 Å². The molecule has 0 aromatic heterocycles. The van der Waals surface area contributed by atoms with Crippen LogP contribution >= 0.6 is 0 Å². The Bertz CT molecular complexity index is 265. The Morgan fingerprint density at radius 2 is 1.83 bits per heavy atom. The molecular weight excluding hydrogens is 351 g/mol. The minimum atomic E-state index is -0.630. The van der Waals surface area contributed by atoms with Crippen LogP contribution in [0.15, 0.2) is 24.3 Å². The Labute approximate surface area is 89.0 Å². The van der Waals surface area contributed by atoms with Crippen molar-refractivity contribution in [2.24, 2.45) is 0 Å². The Hall–Kier alpha value is -0.685. The summed E-state index contributed by atoms with van der Waals surface area (Å²) < 4.78 is 0. The summed E-state index contributed by atoms with van der Waals surface area (Å²) in [7, 11) is 0. The summed E-state index contributed by atoms with van der Waals surface area (Å²) in [6.07, 6.45) is 0. The molecule has 0 amide bonds. The van der Waals surface area contributed by atoms with Gasteiger partial charge in [-0.05, 0) is 6.07 Å². The number of nitro groups is 1. The van der Waals surface area contributed by atoms with E-state index in [0.29, 0.717) is 0 Å². The molecule has 0 atom stereocenters. The van der Waals surface area contributed by atoms with Gasteiger partial charge in [0.15, 0.2) is 5.75 Å². The van der Waals surface area contributed by atoms with Crippen molar-refractivity contribution in [3.05, 3.63) is 34.4 Å². The van der Waals surface area contributed by atoms with Gasteiger partial charge in [0.05, 0.1) is 4.92 Å². The zero-order valence-corrected chi connectivity index (χ0v) is 11.7. The Balaban J connectivity index is 0. The number of rotatable bonds is 1. The molecule has 0 saturated carbocycles. The van der Waals surface area contributed by atoms with Gasteiger partial charge in [0.1, 0.15) is 0 Å². The van der Waals surface area contributed by atoms with Crippen molar-refractivity contribution < 1.29 is 43.2 Å². The molecule has 0 spiro atoms. The Morgan fingerprint density at radius 3 is 2.17 bits per heavy atom. The van der Waals surface area contributed by atoms with Crippen LogP contribution in [-0.4, -0.2) is 15.5 Å². The van der Waals surface area contributed by atoms with E-state index < -0.39 is 4.92 Å². The molecule has 0 aliphatic rings. The van der Waals surface area contributed by atoms with Crippen molar-refractivity contribution in [3.63, 3.8) is 0 Å². The summed E-state index contributed by atoms with van der Waals surface area (Å²) in [4.78, 5) is 9.44. The van der Waals surface area contributed by atoms with Gasteiger partial charge in [-0.25, -0.2) is 0 Å². The summed E-state index contributed by atoms with van der Waals surface area (Å²) in [6, 6.07) is 5.55. The van der Waals surface area contributed by atoms with Crippen molar-refractivity contribution in [2.75, 3.05) is 0 Å². The van der Waals surface area contributed by atoms with Crippen LogP contribution in [0.25, 0.3) is 0 Å². The molecule has 6 heteroatoms. The molecule has 3 N–H and O–H groups in total. The van der Waals surface area contributed by atoms with Gasteiger partial charge in [-0.15, -0.1) is 0 Å². The molecule has 5 nitrogen and oxygen atoms in total. The standard InChI is InChI=1S/C6H5NO3.Hg.H2O/c8-6-4-2-1-3-5(6)7(9)10;;/h1-4,8H;;1H2. The van der Waals surface area contributed by atoms with Gasteiger partial charge < -0.3 is 10.6 Å². The zero-order chi connectivity index (χ0) is 7.56. The maximum atomic E-state index is 10.1. The number of hydrogen-bond acceptors (Lipinski definition) is 3. The van der Waals surface area contributed by atoms with Gasteiger partial charge in [-0.1, -0.05) is 12.1 Å². The summed E-state index contributed by atoms with van der Waals surface area (Å²) in [5, 5.41) is 18.9. The van der Waals surface area contributed by atoms with Crippen molar-refractivity contribution in [1.82, 2.24) is 0 Å². The molecule has 0 unspecified atom stereocenters. The van der Waals surface area contributed by atoms with Gasteiger partial charge in [0, 0.05) is 33.7 Å². The first-order valence-corrected chi connectivity index (χ1v) is 2.64. The zero-order valence-electron chi connectivity index (χ0n) is 6.23. The van der Waals surface area contributed by atoms with E-state index in [2.05, 4.69) is 0 Å². The van der Waals surface area contributed by atoms with Crippen LogP contribution in [0.4, 0.5) is 5.69 Å². The molecular formula is C6H7HgNO4. The van der Waals surface area contributed by atoms with Crippen molar-refractivity contribution >= 4 is 5.69 Å². The predicted octanol–water partition coefficient (Wildman–Crippen LogP) is 0.473. The van der Waals surface area contributed by atoms with E-state index in [9.17, 15) is 10.1 Å². The van der Waals surface area contributed by atoms with E-state index in [-0.39, 0.29) is 44.6 Å². The molecule has 1 aromatic rings. The van der Waals surface area contributed by atoms with E-state index >= 15 is 0 Å². The topological polar surface area (TPSA) is 94.9 Å². The van der Waals surface area contributed by atoms with Crippen LogP contribution in [0, 0.1) is 10.1 Å². The SMILES string of the molecule is O.O=[N+]([O-])c1ccccc1O.[Hg]. The maximum Gasteiger partial charge on any atom is 0.310 e. The quantitative estimate of drug-likeness (QED) is 0.450. The number of hydrogen-bond donors (Lipinski definition) is 1. The Kier molecular flexibility index (Phi) is 6.82. The fraction of sp³-hybridized carbons (Fsp3) is 0. The van der Waals surface area contributed by atoms with Gasteiger partial charge in [-0.3, -0.25) is 10.1 Å². The van der Waals surface area contributed by atoms with Gasteiger partial charge in [0.2, 0.25) is 0 Å². The Morgan fingerprint density at radius 1 is 1.33 bits per heavy atom. The largest absolute Gasteiger partial charge is 0.502 e. The number of benzene rings is 1. The fourth-order valence-corrected chi connectivity index (χ4v) is 0.619. The van der Waals surface area contributed by atoms with Crippen molar-refractivity contribution in [3.8, 4) is 5.75 Å². The third kappa shape index (κ3) is 3.14. The minimum absolute atomic E-state index is 0. The number of phenolic OH excluding ortho intramolecular Hbond substituents is 1. The molecule has 12 heavy (non-hydrogen) atoms. The number of nitrogens with zero attached hydrogens (tertiary/aromatic N) is 1. The number of para-hydroxylation sites is 2. The normalized spacial score (nSPS) is 7.67. The molecule has 0 radical (unpaired) electrons. The summed E-state index contributed by atoms with van der Waals surface area (Å²) in [5.41, 5.74) is -0.262. The minimum Gasteiger partial charge on any atom is -0.502 e.